The molecule has 2 aromatic carbocycles. The van der Waals surface area contributed by atoms with E-state index in [1.807, 2.05) is 0 Å². The number of nitro benzene ring substituents is 1. The molecule has 0 saturated carbocycles. The van der Waals surface area contributed by atoms with E-state index in [2.05, 4.69) is 5.32 Å². The Balaban J connectivity index is 2.03. The van der Waals surface area contributed by atoms with E-state index in [-0.39, 0.29) is 36.7 Å². The molecule has 0 aliphatic rings. The molecule has 2 aromatic rings. The molecule has 7 nitrogen and oxygen atoms in total. The highest BCUT2D eigenvalue weighted by Gasteiger charge is 2.19. The standard InChI is InChI=1S/C18H18Cl2N2O5/c1-26-16-7-12(15(22(24)25)10-17(16)27-2)5-6-21-18(23)8-11-3-4-13(19)9-14(11)20/h3-4,7,9-10H,5-6,8H2,1-2H3,(H,21,23). The van der Waals surface area contributed by atoms with Crippen LogP contribution in [0.2, 0.25) is 10.0 Å². The fourth-order valence-electron chi connectivity index (χ4n) is 2.52. The highest BCUT2D eigenvalue weighted by molar-refractivity contribution is 6.35. The average molecular weight is 413 g/mol. The monoisotopic (exact) mass is 412 g/mol. The van der Waals surface area contributed by atoms with Crippen LogP contribution in [-0.2, 0) is 17.6 Å². The summed E-state index contributed by atoms with van der Waals surface area (Å²) in [6.07, 6.45) is 0.348. The van der Waals surface area contributed by atoms with Crippen LogP contribution in [0.25, 0.3) is 0 Å². The second-order valence-electron chi connectivity index (χ2n) is 5.61. The molecule has 1 N–H and O–H groups in total. The maximum absolute atomic E-state index is 12.1. The van der Waals surface area contributed by atoms with E-state index in [0.29, 0.717) is 26.9 Å². The third-order valence-electron chi connectivity index (χ3n) is 3.86. The summed E-state index contributed by atoms with van der Waals surface area (Å²) in [4.78, 5) is 22.9. The quantitative estimate of drug-likeness (QED) is 0.525. The zero-order valence-corrected chi connectivity index (χ0v) is 16.3. The first-order valence-electron chi connectivity index (χ1n) is 7.95. The Morgan fingerprint density at radius 2 is 1.78 bits per heavy atom. The molecule has 27 heavy (non-hydrogen) atoms. The summed E-state index contributed by atoms with van der Waals surface area (Å²) in [7, 11) is 2.86. The summed E-state index contributed by atoms with van der Waals surface area (Å²) in [5.41, 5.74) is 0.987. The van der Waals surface area contributed by atoms with Crippen LogP contribution in [-0.4, -0.2) is 31.6 Å². The fraction of sp³-hybridized carbons (Fsp3) is 0.278. The number of nitrogens with zero attached hydrogens (tertiary/aromatic N) is 1. The number of ether oxygens (including phenoxy) is 2. The van der Waals surface area contributed by atoms with Gasteiger partial charge in [0.15, 0.2) is 11.5 Å². The fourth-order valence-corrected chi connectivity index (χ4v) is 2.99. The number of methoxy groups -OCH3 is 2. The van der Waals surface area contributed by atoms with Crippen molar-refractivity contribution < 1.29 is 19.2 Å². The lowest BCUT2D eigenvalue weighted by atomic mass is 10.1. The molecule has 144 valence electrons. The van der Waals surface area contributed by atoms with Crippen molar-refractivity contribution in [2.24, 2.45) is 0 Å². The lowest BCUT2D eigenvalue weighted by Gasteiger charge is -2.11. The van der Waals surface area contributed by atoms with E-state index in [4.69, 9.17) is 32.7 Å². The molecule has 2 rings (SSSR count). The lowest BCUT2D eigenvalue weighted by molar-refractivity contribution is -0.385. The van der Waals surface area contributed by atoms with Gasteiger partial charge < -0.3 is 14.8 Å². The SMILES string of the molecule is COc1cc(CCNC(=O)Cc2ccc(Cl)cc2Cl)c([N+](=O)[O-])cc1OC. The first-order chi connectivity index (χ1) is 12.8. The molecule has 0 unspecified atom stereocenters. The predicted octanol–water partition coefficient (Wildman–Crippen LogP) is 3.82. The molecule has 1 amide bonds. The normalized spacial score (nSPS) is 10.4. The van der Waals surface area contributed by atoms with Crippen LogP contribution in [0.4, 0.5) is 5.69 Å². The van der Waals surface area contributed by atoms with Crippen LogP contribution < -0.4 is 14.8 Å². The molecule has 0 aliphatic carbocycles. The van der Waals surface area contributed by atoms with Crippen LogP contribution in [0, 0.1) is 10.1 Å². The number of carbonyl (C=O) groups excluding carboxylic acids is 1. The Labute approximate surface area is 166 Å². The molecule has 0 radical (unpaired) electrons. The summed E-state index contributed by atoms with van der Waals surface area (Å²) >= 11 is 11.9. The van der Waals surface area contributed by atoms with Gasteiger partial charge in [-0.05, 0) is 30.2 Å². The summed E-state index contributed by atoms with van der Waals surface area (Å²) in [5.74, 6) is 0.411. The third-order valence-corrected chi connectivity index (χ3v) is 4.45. The smallest absolute Gasteiger partial charge is 0.276 e. The van der Waals surface area contributed by atoms with Crippen LogP contribution in [0.3, 0.4) is 0 Å². The van der Waals surface area contributed by atoms with Gasteiger partial charge >= 0.3 is 0 Å². The van der Waals surface area contributed by atoms with Gasteiger partial charge in [0, 0.05) is 22.2 Å². The molecule has 0 saturated heterocycles. The van der Waals surface area contributed by atoms with Gasteiger partial charge in [0.05, 0.1) is 31.6 Å². The number of rotatable bonds is 8. The van der Waals surface area contributed by atoms with E-state index in [1.165, 1.54) is 20.3 Å². The number of nitro groups is 1. The van der Waals surface area contributed by atoms with Gasteiger partial charge in [-0.15, -0.1) is 0 Å². The van der Waals surface area contributed by atoms with Crippen LogP contribution in [0.1, 0.15) is 11.1 Å². The summed E-state index contributed by atoms with van der Waals surface area (Å²) < 4.78 is 10.3. The first-order valence-corrected chi connectivity index (χ1v) is 8.71. The van der Waals surface area contributed by atoms with Gasteiger partial charge in [-0.25, -0.2) is 0 Å². The van der Waals surface area contributed by atoms with Crippen molar-refractivity contribution in [3.8, 4) is 11.5 Å². The van der Waals surface area contributed by atoms with E-state index in [1.54, 1.807) is 24.3 Å². The zero-order valence-electron chi connectivity index (χ0n) is 14.8. The van der Waals surface area contributed by atoms with Crippen molar-refractivity contribution in [2.45, 2.75) is 12.8 Å². The second kappa shape index (κ2) is 9.43. The van der Waals surface area contributed by atoms with Gasteiger partial charge in [0.25, 0.3) is 5.69 Å². The van der Waals surface area contributed by atoms with Crippen LogP contribution >= 0.6 is 23.2 Å². The Morgan fingerprint density at radius 3 is 2.37 bits per heavy atom. The van der Waals surface area contributed by atoms with Crippen molar-refractivity contribution in [1.29, 1.82) is 0 Å². The summed E-state index contributed by atoms with van der Waals surface area (Å²) in [6, 6.07) is 7.76. The maximum atomic E-state index is 12.1. The molecule has 9 heteroatoms. The molecule has 0 spiro atoms. The minimum Gasteiger partial charge on any atom is -0.493 e. The Bertz CT molecular complexity index is 858. The zero-order chi connectivity index (χ0) is 20.0. The molecule has 0 bridgehead atoms. The van der Waals surface area contributed by atoms with Gasteiger partial charge in [0.1, 0.15) is 0 Å². The largest absolute Gasteiger partial charge is 0.493 e. The van der Waals surface area contributed by atoms with Crippen LogP contribution in [0.15, 0.2) is 30.3 Å². The number of nitrogens with one attached hydrogen (secondary N) is 1. The van der Waals surface area contributed by atoms with Gasteiger partial charge in [-0.3, -0.25) is 14.9 Å². The molecule has 0 fully saturated rings. The van der Waals surface area contributed by atoms with E-state index >= 15 is 0 Å². The molecule has 0 atom stereocenters. The van der Waals surface area contributed by atoms with E-state index in [9.17, 15) is 14.9 Å². The predicted molar refractivity (Wildman–Crippen MR) is 103 cm³/mol. The van der Waals surface area contributed by atoms with Crippen molar-refractivity contribution in [1.82, 2.24) is 5.32 Å². The van der Waals surface area contributed by atoms with Crippen LogP contribution in [0.5, 0.6) is 11.5 Å². The van der Waals surface area contributed by atoms with Gasteiger partial charge in [-0.2, -0.15) is 0 Å². The summed E-state index contributed by atoms with van der Waals surface area (Å²) in [6.45, 7) is 0.223. The molecular weight excluding hydrogens is 395 g/mol. The van der Waals surface area contributed by atoms with Crippen molar-refractivity contribution >= 4 is 34.8 Å². The molecule has 0 aliphatic heterocycles. The van der Waals surface area contributed by atoms with Gasteiger partial charge in [0.2, 0.25) is 5.91 Å². The number of hydrogen-bond donors (Lipinski definition) is 1. The number of benzene rings is 2. The average Bonchev–Trinajstić information content (AvgIpc) is 2.63. The number of halogens is 2. The van der Waals surface area contributed by atoms with Gasteiger partial charge in [-0.1, -0.05) is 29.3 Å². The number of carbonyl (C=O) groups is 1. The maximum Gasteiger partial charge on any atom is 0.276 e. The highest BCUT2D eigenvalue weighted by Crippen LogP contribution is 2.34. The molecule has 0 aromatic heterocycles. The highest BCUT2D eigenvalue weighted by atomic mass is 35.5. The molecule has 0 heterocycles. The third kappa shape index (κ3) is 5.48. The minimum absolute atomic E-state index is 0.0873. The Kier molecular flexibility index (Phi) is 7.27. The number of hydrogen-bond acceptors (Lipinski definition) is 5. The minimum atomic E-state index is -0.493. The van der Waals surface area contributed by atoms with E-state index < -0.39 is 4.92 Å². The van der Waals surface area contributed by atoms with Crippen molar-refractivity contribution in [3.05, 3.63) is 61.6 Å². The molecular formula is C18H18Cl2N2O5. The number of amides is 1. The topological polar surface area (TPSA) is 90.7 Å². The summed E-state index contributed by atoms with van der Waals surface area (Å²) in [5, 5.41) is 14.9. The Hall–Kier alpha value is -2.51. The second-order valence-corrected chi connectivity index (χ2v) is 6.45. The Morgan fingerprint density at radius 1 is 1.11 bits per heavy atom. The van der Waals surface area contributed by atoms with E-state index in [0.717, 1.165) is 0 Å². The van der Waals surface area contributed by atoms with Crippen molar-refractivity contribution in [2.75, 3.05) is 20.8 Å². The van der Waals surface area contributed by atoms with Crippen molar-refractivity contribution in [3.63, 3.8) is 0 Å². The first kappa shape index (κ1) is 20.8. The lowest BCUT2D eigenvalue weighted by Crippen LogP contribution is -2.27.